The molecule has 0 radical (unpaired) electrons. The molecule has 1 nitrogen and oxygen atoms in total. The average molecular weight is 223 g/mol. The number of unbranched alkanes of at least 4 members (excludes halogenated alkanes) is 6. The molecule has 0 unspecified atom stereocenters. The molecule has 0 bridgehead atoms. The van der Waals surface area contributed by atoms with E-state index in [9.17, 15) is 0 Å². The Morgan fingerprint density at radius 2 is 1.81 bits per heavy atom. The standard InChI is InChI=1S/C15H29N/c1-3-4-5-6-7-8-9-12-15-13-10-11-14-16(15)2/h12H,3-11,13-14H2,1-2H3. The lowest BCUT2D eigenvalue weighted by Crippen LogP contribution is -2.23. The zero-order chi connectivity index (χ0) is 11.6. The van der Waals surface area contributed by atoms with Gasteiger partial charge in [0.05, 0.1) is 0 Å². The molecule has 0 atom stereocenters. The summed E-state index contributed by atoms with van der Waals surface area (Å²) >= 11 is 0. The third-order valence-electron chi connectivity index (χ3n) is 3.60. The van der Waals surface area contributed by atoms with Gasteiger partial charge < -0.3 is 4.90 Å². The number of nitrogens with zero attached hydrogens (tertiary/aromatic N) is 1. The summed E-state index contributed by atoms with van der Waals surface area (Å²) in [5.74, 6) is 0. The number of rotatable bonds is 7. The Balaban J connectivity index is 2.02. The maximum absolute atomic E-state index is 2.49. The van der Waals surface area contributed by atoms with Crippen LogP contribution in [0.25, 0.3) is 0 Å². The van der Waals surface area contributed by atoms with Crippen LogP contribution in [0.3, 0.4) is 0 Å². The predicted molar refractivity (Wildman–Crippen MR) is 72.6 cm³/mol. The monoisotopic (exact) mass is 223 g/mol. The minimum Gasteiger partial charge on any atom is -0.378 e. The van der Waals surface area contributed by atoms with E-state index in [0.717, 1.165) is 0 Å². The van der Waals surface area contributed by atoms with Crippen molar-refractivity contribution < 1.29 is 0 Å². The van der Waals surface area contributed by atoms with E-state index in [1.165, 1.54) is 70.8 Å². The number of hydrogen-bond donors (Lipinski definition) is 0. The molecule has 0 amide bonds. The molecule has 1 aliphatic rings. The smallest absolute Gasteiger partial charge is 0.0171 e. The van der Waals surface area contributed by atoms with Crippen LogP contribution in [0.1, 0.15) is 71.1 Å². The van der Waals surface area contributed by atoms with Crippen molar-refractivity contribution in [3.05, 3.63) is 11.8 Å². The van der Waals surface area contributed by atoms with Gasteiger partial charge in [-0.05, 0) is 32.1 Å². The lowest BCUT2D eigenvalue weighted by molar-refractivity contribution is 0.343. The molecule has 1 fully saturated rings. The number of hydrogen-bond acceptors (Lipinski definition) is 1. The fourth-order valence-electron chi connectivity index (χ4n) is 2.44. The largest absolute Gasteiger partial charge is 0.378 e. The molecule has 1 saturated heterocycles. The van der Waals surface area contributed by atoms with Crippen molar-refractivity contribution in [3.8, 4) is 0 Å². The highest BCUT2D eigenvalue weighted by molar-refractivity contribution is 5.02. The second-order valence-electron chi connectivity index (χ2n) is 5.13. The highest BCUT2D eigenvalue weighted by Gasteiger charge is 2.09. The molecule has 16 heavy (non-hydrogen) atoms. The van der Waals surface area contributed by atoms with Crippen LogP contribution in [0.15, 0.2) is 11.8 Å². The van der Waals surface area contributed by atoms with Gasteiger partial charge in [-0.2, -0.15) is 0 Å². The predicted octanol–water partition coefficient (Wildman–Crippen LogP) is 4.74. The first-order chi connectivity index (χ1) is 7.84. The Labute approximate surface area is 102 Å². The Morgan fingerprint density at radius 1 is 1.06 bits per heavy atom. The lowest BCUT2D eigenvalue weighted by atomic mass is 10.0. The van der Waals surface area contributed by atoms with Gasteiger partial charge in [-0.3, -0.25) is 0 Å². The SMILES string of the molecule is CCCCCCCCC=C1CCCCN1C. The van der Waals surface area contributed by atoms with E-state index >= 15 is 0 Å². The Kier molecular flexibility index (Phi) is 7.37. The molecule has 94 valence electrons. The quantitative estimate of drug-likeness (QED) is 0.564. The Hall–Kier alpha value is -0.460. The molecule has 0 saturated carbocycles. The van der Waals surface area contributed by atoms with E-state index in [2.05, 4.69) is 24.9 Å². The van der Waals surface area contributed by atoms with Crippen molar-refractivity contribution in [1.29, 1.82) is 0 Å². The average Bonchev–Trinajstić information content (AvgIpc) is 2.30. The normalized spacial score (nSPS) is 19.4. The summed E-state index contributed by atoms with van der Waals surface area (Å²) in [4.78, 5) is 2.45. The zero-order valence-corrected chi connectivity index (χ0v) is 11.3. The number of piperidine rings is 1. The number of likely N-dealkylation sites (tertiary alicyclic amines) is 1. The van der Waals surface area contributed by atoms with E-state index in [1.54, 1.807) is 5.70 Å². The minimum atomic E-state index is 1.27. The highest BCUT2D eigenvalue weighted by Crippen LogP contribution is 2.19. The van der Waals surface area contributed by atoms with Crippen molar-refractivity contribution in [2.45, 2.75) is 71.1 Å². The van der Waals surface area contributed by atoms with Gasteiger partial charge in [0.15, 0.2) is 0 Å². The van der Waals surface area contributed by atoms with Crippen LogP contribution in [-0.4, -0.2) is 18.5 Å². The fraction of sp³-hybridized carbons (Fsp3) is 0.867. The summed E-state index contributed by atoms with van der Waals surface area (Å²) in [6.45, 7) is 3.55. The molecule has 0 N–H and O–H groups in total. The van der Waals surface area contributed by atoms with Gasteiger partial charge in [-0.1, -0.05) is 45.1 Å². The van der Waals surface area contributed by atoms with Crippen LogP contribution >= 0.6 is 0 Å². The first-order valence-corrected chi connectivity index (χ1v) is 7.24. The Morgan fingerprint density at radius 3 is 2.56 bits per heavy atom. The maximum Gasteiger partial charge on any atom is 0.0171 e. The van der Waals surface area contributed by atoms with Crippen molar-refractivity contribution in [3.63, 3.8) is 0 Å². The van der Waals surface area contributed by atoms with E-state index in [4.69, 9.17) is 0 Å². The van der Waals surface area contributed by atoms with Crippen LogP contribution in [0.2, 0.25) is 0 Å². The molecular weight excluding hydrogens is 194 g/mol. The van der Waals surface area contributed by atoms with E-state index in [0.29, 0.717) is 0 Å². The minimum absolute atomic E-state index is 1.27. The summed E-state index contributed by atoms with van der Waals surface area (Å²) in [6, 6.07) is 0. The molecule has 1 rings (SSSR count). The van der Waals surface area contributed by atoms with E-state index < -0.39 is 0 Å². The summed E-state index contributed by atoms with van der Waals surface area (Å²) in [5.41, 5.74) is 1.60. The Bertz CT molecular complexity index is 196. The van der Waals surface area contributed by atoms with Gasteiger partial charge in [0, 0.05) is 19.3 Å². The first kappa shape index (κ1) is 13.6. The molecule has 0 aromatic carbocycles. The van der Waals surface area contributed by atoms with Crippen molar-refractivity contribution in [2.24, 2.45) is 0 Å². The second kappa shape index (κ2) is 8.66. The third-order valence-corrected chi connectivity index (χ3v) is 3.60. The van der Waals surface area contributed by atoms with Crippen molar-refractivity contribution in [1.82, 2.24) is 4.90 Å². The topological polar surface area (TPSA) is 3.24 Å². The summed E-state index contributed by atoms with van der Waals surface area (Å²) in [5, 5.41) is 0. The van der Waals surface area contributed by atoms with E-state index in [1.807, 2.05) is 0 Å². The van der Waals surface area contributed by atoms with Gasteiger partial charge in [-0.15, -0.1) is 0 Å². The first-order valence-electron chi connectivity index (χ1n) is 7.24. The van der Waals surface area contributed by atoms with Crippen LogP contribution in [0.4, 0.5) is 0 Å². The van der Waals surface area contributed by atoms with Crippen LogP contribution < -0.4 is 0 Å². The van der Waals surface area contributed by atoms with Crippen LogP contribution in [-0.2, 0) is 0 Å². The highest BCUT2D eigenvalue weighted by atomic mass is 15.1. The van der Waals surface area contributed by atoms with E-state index in [-0.39, 0.29) is 0 Å². The summed E-state index contributed by atoms with van der Waals surface area (Å²) in [6.07, 6.45) is 16.3. The summed E-state index contributed by atoms with van der Waals surface area (Å²) < 4.78 is 0. The molecule has 0 aromatic rings. The molecule has 1 heteroatoms. The maximum atomic E-state index is 2.49. The molecule has 1 heterocycles. The second-order valence-corrected chi connectivity index (χ2v) is 5.13. The van der Waals surface area contributed by atoms with Gasteiger partial charge in [0.1, 0.15) is 0 Å². The summed E-state index contributed by atoms with van der Waals surface area (Å²) in [7, 11) is 2.24. The van der Waals surface area contributed by atoms with Crippen molar-refractivity contribution in [2.75, 3.05) is 13.6 Å². The molecule has 0 spiro atoms. The molecule has 1 aliphatic heterocycles. The van der Waals surface area contributed by atoms with Gasteiger partial charge >= 0.3 is 0 Å². The molecule has 0 aromatic heterocycles. The molecule has 0 aliphatic carbocycles. The number of allylic oxidation sites excluding steroid dienone is 2. The third kappa shape index (κ3) is 5.58. The van der Waals surface area contributed by atoms with Crippen LogP contribution in [0, 0.1) is 0 Å². The van der Waals surface area contributed by atoms with Gasteiger partial charge in [0.25, 0.3) is 0 Å². The fourth-order valence-corrected chi connectivity index (χ4v) is 2.44. The van der Waals surface area contributed by atoms with Crippen molar-refractivity contribution >= 4 is 0 Å². The lowest BCUT2D eigenvalue weighted by Gasteiger charge is -2.27. The van der Waals surface area contributed by atoms with Gasteiger partial charge in [-0.25, -0.2) is 0 Å². The van der Waals surface area contributed by atoms with Crippen LogP contribution in [0.5, 0.6) is 0 Å². The van der Waals surface area contributed by atoms with Gasteiger partial charge in [0.2, 0.25) is 0 Å². The zero-order valence-electron chi connectivity index (χ0n) is 11.3. The molecular formula is C15H29N.